The maximum absolute atomic E-state index is 12.1. The first kappa shape index (κ1) is 13.3. The molecule has 2 saturated heterocycles. The zero-order valence-corrected chi connectivity index (χ0v) is 10.6. The number of sulfone groups is 1. The molecule has 7 nitrogen and oxygen atoms in total. The highest BCUT2D eigenvalue weighted by Gasteiger charge is 2.40. The molecule has 2 rings (SSSR count). The number of carboxylic acid groups (broad SMARTS) is 1. The predicted molar refractivity (Wildman–Crippen MR) is 60.7 cm³/mol. The van der Waals surface area contributed by atoms with Gasteiger partial charge in [0.15, 0.2) is 15.9 Å². The molecule has 2 heterocycles. The molecule has 18 heavy (non-hydrogen) atoms. The normalized spacial score (nSPS) is 31.2. The summed E-state index contributed by atoms with van der Waals surface area (Å²) in [4.78, 5) is 24.4. The van der Waals surface area contributed by atoms with Gasteiger partial charge in [0.05, 0.1) is 30.6 Å². The second-order valence-corrected chi connectivity index (χ2v) is 6.79. The van der Waals surface area contributed by atoms with Crippen LogP contribution in [0.15, 0.2) is 0 Å². The summed E-state index contributed by atoms with van der Waals surface area (Å²) in [5.41, 5.74) is 0. The number of carbonyl (C=O) groups is 2. The number of amides is 1. The molecule has 2 atom stereocenters. The van der Waals surface area contributed by atoms with Crippen LogP contribution in [0.3, 0.4) is 0 Å². The first-order valence-corrected chi connectivity index (χ1v) is 7.54. The Bertz CT molecular complexity index is 459. The molecule has 0 radical (unpaired) electrons. The molecule has 2 aliphatic rings. The van der Waals surface area contributed by atoms with Gasteiger partial charge in [0.2, 0.25) is 5.91 Å². The van der Waals surface area contributed by atoms with Crippen LogP contribution in [-0.4, -0.2) is 67.6 Å². The fourth-order valence-corrected chi connectivity index (χ4v) is 4.03. The van der Waals surface area contributed by atoms with Gasteiger partial charge in [-0.05, 0) is 6.42 Å². The number of hydrogen-bond donors (Lipinski definition) is 1. The van der Waals surface area contributed by atoms with Gasteiger partial charge in [0.25, 0.3) is 0 Å². The van der Waals surface area contributed by atoms with Crippen LogP contribution < -0.4 is 0 Å². The van der Waals surface area contributed by atoms with Crippen LogP contribution in [0.5, 0.6) is 0 Å². The molecule has 0 aromatic heterocycles. The van der Waals surface area contributed by atoms with Gasteiger partial charge < -0.3 is 14.7 Å². The van der Waals surface area contributed by atoms with Gasteiger partial charge in [0.1, 0.15) is 0 Å². The van der Waals surface area contributed by atoms with Crippen molar-refractivity contribution in [2.75, 3.05) is 31.3 Å². The molecule has 0 bridgehead atoms. The number of morpholine rings is 1. The van der Waals surface area contributed by atoms with Crippen LogP contribution in [0.2, 0.25) is 0 Å². The second kappa shape index (κ2) is 4.85. The molecule has 2 fully saturated rings. The van der Waals surface area contributed by atoms with Crippen molar-refractivity contribution in [3.63, 3.8) is 0 Å². The summed E-state index contributed by atoms with van der Waals surface area (Å²) in [6.07, 6.45) is 0.283. The summed E-state index contributed by atoms with van der Waals surface area (Å²) in [5, 5.41) is 9.01. The van der Waals surface area contributed by atoms with E-state index >= 15 is 0 Å². The maximum atomic E-state index is 12.1. The first-order valence-electron chi connectivity index (χ1n) is 5.72. The number of rotatable bonds is 2. The number of carboxylic acids is 1. The van der Waals surface area contributed by atoms with Gasteiger partial charge >= 0.3 is 5.97 Å². The Morgan fingerprint density at radius 2 is 2.06 bits per heavy atom. The lowest BCUT2D eigenvalue weighted by Gasteiger charge is -2.34. The lowest BCUT2D eigenvalue weighted by atomic mass is 10.1. The Balaban J connectivity index is 2.10. The molecule has 1 N–H and O–H groups in total. The van der Waals surface area contributed by atoms with E-state index in [0.717, 1.165) is 0 Å². The SMILES string of the molecule is O=C(O)C1COCCN1C(=O)C1CCS(=O)(=O)C1. The zero-order chi connectivity index (χ0) is 13.3. The second-order valence-electron chi connectivity index (χ2n) is 4.56. The van der Waals surface area contributed by atoms with Gasteiger partial charge in [-0.25, -0.2) is 13.2 Å². The summed E-state index contributed by atoms with van der Waals surface area (Å²) < 4.78 is 27.7. The predicted octanol–water partition coefficient (Wildman–Crippen LogP) is -1.27. The summed E-state index contributed by atoms with van der Waals surface area (Å²) in [6.45, 7) is 0.446. The fraction of sp³-hybridized carbons (Fsp3) is 0.800. The van der Waals surface area contributed by atoms with Crippen LogP contribution in [-0.2, 0) is 24.2 Å². The molecule has 0 spiro atoms. The van der Waals surface area contributed by atoms with E-state index in [2.05, 4.69) is 0 Å². The lowest BCUT2D eigenvalue weighted by Crippen LogP contribution is -2.54. The van der Waals surface area contributed by atoms with Crippen molar-refractivity contribution in [1.82, 2.24) is 4.90 Å². The van der Waals surface area contributed by atoms with Crippen LogP contribution >= 0.6 is 0 Å². The summed E-state index contributed by atoms with van der Waals surface area (Å²) in [5.74, 6) is -2.27. The monoisotopic (exact) mass is 277 g/mol. The first-order chi connectivity index (χ1) is 8.41. The topological polar surface area (TPSA) is 101 Å². The van der Waals surface area contributed by atoms with Crippen molar-refractivity contribution >= 4 is 21.7 Å². The largest absolute Gasteiger partial charge is 0.480 e. The highest BCUT2D eigenvalue weighted by Crippen LogP contribution is 2.22. The standard InChI is InChI=1S/C10H15NO6S/c12-9(7-1-4-18(15,16)6-7)11-2-3-17-5-8(11)10(13)14/h7-8H,1-6H2,(H,13,14). The summed E-state index contributed by atoms with van der Waals surface area (Å²) in [7, 11) is -3.14. The minimum atomic E-state index is -3.14. The van der Waals surface area contributed by atoms with Gasteiger partial charge in [-0.1, -0.05) is 0 Å². The Kier molecular flexibility index (Phi) is 3.58. The molecule has 0 aromatic carbocycles. The fourth-order valence-electron chi connectivity index (χ4n) is 2.30. The Labute approximate surface area is 105 Å². The van der Waals surface area contributed by atoms with Crippen molar-refractivity contribution in [2.45, 2.75) is 12.5 Å². The van der Waals surface area contributed by atoms with E-state index in [4.69, 9.17) is 9.84 Å². The van der Waals surface area contributed by atoms with Crippen LogP contribution in [0.1, 0.15) is 6.42 Å². The molecule has 0 saturated carbocycles. The highest BCUT2D eigenvalue weighted by molar-refractivity contribution is 7.91. The molecule has 1 amide bonds. The number of aliphatic carboxylic acids is 1. The third kappa shape index (κ3) is 2.64. The van der Waals surface area contributed by atoms with Gasteiger partial charge in [0, 0.05) is 6.54 Å². The average molecular weight is 277 g/mol. The molecular weight excluding hydrogens is 262 g/mol. The van der Waals surface area contributed by atoms with E-state index in [-0.39, 0.29) is 43.6 Å². The van der Waals surface area contributed by atoms with Crippen molar-refractivity contribution in [3.8, 4) is 0 Å². The maximum Gasteiger partial charge on any atom is 0.328 e. The zero-order valence-electron chi connectivity index (χ0n) is 9.74. The number of carbonyl (C=O) groups excluding carboxylic acids is 1. The van der Waals surface area contributed by atoms with Crippen molar-refractivity contribution in [1.29, 1.82) is 0 Å². The van der Waals surface area contributed by atoms with Gasteiger partial charge in [-0.2, -0.15) is 0 Å². The third-order valence-corrected chi connectivity index (χ3v) is 5.05. The van der Waals surface area contributed by atoms with Crippen molar-refractivity contribution in [3.05, 3.63) is 0 Å². The smallest absolute Gasteiger partial charge is 0.328 e. The van der Waals surface area contributed by atoms with Crippen LogP contribution in [0, 0.1) is 5.92 Å². The molecule has 0 aromatic rings. The minimum absolute atomic E-state index is 0.00544. The van der Waals surface area contributed by atoms with E-state index in [0.29, 0.717) is 0 Å². The number of hydrogen-bond acceptors (Lipinski definition) is 5. The van der Waals surface area contributed by atoms with Crippen molar-refractivity contribution < 1.29 is 27.9 Å². The van der Waals surface area contributed by atoms with Crippen LogP contribution in [0.25, 0.3) is 0 Å². The molecule has 2 aliphatic heterocycles. The summed E-state index contributed by atoms with van der Waals surface area (Å²) in [6, 6.07) is -1.01. The van der Waals surface area contributed by atoms with Crippen molar-refractivity contribution in [2.24, 2.45) is 5.92 Å². The third-order valence-electron chi connectivity index (χ3n) is 3.28. The van der Waals surface area contributed by atoms with E-state index in [1.807, 2.05) is 0 Å². The molecule has 2 unspecified atom stereocenters. The van der Waals surface area contributed by atoms with Gasteiger partial charge in [-0.15, -0.1) is 0 Å². The number of nitrogens with zero attached hydrogens (tertiary/aromatic N) is 1. The van der Waals surface area contributed by atoms with E-state index in [1.54, 1.807) is 0 Å². The Morgan fingerprint density at radius 1 is 1.33 bits per heavy atom. The molecule has 8 heteroatoms. The lowest BCUT2D eigenvalue weighted by molar-refractivity contribution is -0.159. The van der Waals surface area contributed by atoms with Gasteiger partial charge in [-0.3, -0.25) is 4.79 Å². The summed E-state index contributed by atoms with van der Waals surface area (Å²) >= 11 is 0. The Hall–Kier alpha value is -1.15. The molecule has 0 aliphatic carbocycles. The van der Waals surface area contributed by atoms with E-state index in [1.165, 1.54) is 4.90 Å². The molecule has 102 valence electrons. The van der Waals surface area contributed by atoms with E-state index < -0.39 is 27.8 Å². The average Bonchev–Trinajstić information content (AvgIpc) is 2.68. The minimum Gasteiger partial charge on any atom is -0.480 e. The molecular formula is C10H15NO6S. The Morgan fingerprint density at radius 3 is 2.61 bits per heavy atom. The van der Waals surface area contributed by atoms with E-state index in [9.17, 15) is 18.0 Å². The quantitative estimate of drug-likeness (QED) is 0.675. The number of ether oxygens (including phenoxy) is 1. The highest BCUT2D eigenvalue weighted by atomic mass is 32.2. The van der Waals surface area contributed by atoms with Crippen LogP contribution in [0.4, 0.5) is 0 Å².